The second kappa shape index (κ2) is 8.04. The Hall–Kier alpha value is -2.14. The number of nitrogens with one attached hydrogen (secondary N) is 2. The van der Waals surface area contributed by atoms with Gasteiger partial charge in [-0.15, -0.1) is 11.8 Å². The third-order valence-electron chi connectivity index (χ3n) is 4.10. The summed E-state index contributed by atoms with van der Waals surface area (Å²) >= 11 is 2.45. The average molecular weight is 399 g/mol. The highest BCUT2D eigenvalue weighted by Crippen LogP contribution is 2.32. The Morgan fingerprint density at radius 1 is 1.35 bits per heavy atom. The molecule has 0 aliphatic carbocycles. The molecular formula is C15H21N5O4S2. The maximum absolute atomic E-state index is 12.5. The molecule has 1 fully saturated rings. The number of imide groups is 1. The number of hydrogen-bond donors (Lipinski definition) is 3. The van der Waals surface area contributed by atoms with Gasteiger partial charge in [0.05, 0.1) is 15.7 Å². The standard InChI is InChI=1S/C15H21N5O4S2/c1-4-15(5-2)12(23)20(14(24)19-15)6-10(22)18-13-17-8(3)11(26-13)25-7-9(16)21/h4-7H2,1-3H3,(H2,16,21)(H,19,24)(H,17,18,22). The van der Waals surface area contributed by atoms with Crippen LogP contribution in [0.4, 0.5) is 9.93 Å². The number of nitrogens with two attached hydrogens (primary N) is 1. The average Bonchev–Trinajstić information content (AvgIpc) is 3.04. The van der Waals surface area contributed by atoms with E-state index in [1.165, 1.54) is 23.1 Å². The van der Waals surface area contributed by atoms with E-state index >= 15 is 0 Å². The van der Waals surface area contributed by atoms with Gasteiger partial charge in [0, 0.05) is 0 Å². The minimum absolute atomic E-state index is 0.120. The summed E-state index contributed by atoms with van der Waals surface area (Å²) in [6, 6.07) is -0.568. The Labute approximate surface area is 159 Å². The molecule has 26 heavy (non-hydrogen) atoms. The van der Waals surface area contributed by atoms with E-state index in [0.717, 1.165) is 9.11 Å². The molecule has 1 aromatic rings. The first kappa shape index (κ1) is 20.2. The van der Waals surface area contributed by atoms with Crippen LogP contribution in [0.5, 0.6) is 0 Å². The highest BCUT2D eigenvalue weighted by Gasteiger charge is 2.49. The van der Waals surface area contributed by atoms with Crippen molar-refractivity contribution in [3.8, 4) is 0 Å². The fourth-order valence-corrected chi connectivity index (χ4v) is 4.45. The Morgan fingerprint density at radius 3 is 2.54 bits per heavy atom. The lowest BCUT2D eigenvalue weighted by Crippen LogP contribution is -2.46. The Balaban J connectivity index is 2.01. The summed E-state index contributed by atoms with van der Waals surface area (Å²) in [6.45, 7) is 5.00. The smallest absolute Gasteiger partial charge is 0.325 e. The molecule has 1 aliphatic heterocycles. The van der Waals surface area contributed by atoms with E-state index in [4.69, 9.17) is 5.73 Å². The van der Waals surface area contributed by atoms with Crippen molar-refractivity contribution in [3.05, 3.63) is 5.69 Å². The van der Waals surface area contributed by atoms with Crippen molar-refractivity contribution >= 4 is 52.0 Å². The van der Waals surface area contributed by atoms with Crippen LogP contribution in [0.3, 0.4) is 0 Å². The van der Waals surface area contributed by atoms with E-state index in [1.807, 2.05) is 13.8 Å². The second-order valence-corrected chi connectivity index (χ2v) is 8.05. The maximum Gasteiger partial charge on any atom is 0.325 e. The van der Waals surface area contributed by atoms with Gasteiger partial charge in [0.25, 0.3) is 5.91 Å². The Bertz CT molecular complexity index is 744. The van der Waals surface area contributed by atoms with E-state index in [1.54, 1.807) is 6.92 Å². The van der Waals surface area contributed by atoms with Crippen LogP contribution in [0.1, 0.15) is 32.4 Å². The van der Waals surface area contributed by atoms with Crippen LogP contribution in [-0.2, 0) is 14.4 Å². The zero-order valence-electron chi connectivity index (χ0n) is 14.7. The Kier molecular flexibility index (Phi) is 6.24. The third kappa shape index (κ3) is 4.15. The van der Waals surface area contributed by atoms with E-state index in [9.17, 15) is 19.2 Å². The summed E-state index contributed by atoms with van der Waals surface area (Å²) in [5.74, 6) is -1.23. The van der Waals surface area contributed by atoms with Crippen molar-refractivity contribution in [3.63, 3.8) is 0 Å². The fourth-order valence-electron chi connectivity index (χ4n) is 2.56. The molecule has 9 nitrogen and oxygen atoms in total. The molecule has 0 unspecified atom stereocenters. The summed E-state index contributed by atoms with van der Waals surface area (Å²) in [5, 5.41) is 5.60. The van der Waals surface area contributed by atoms with Crippen LogP contribution in [0.15, 0.2) is 4.21 Å². The maximum atomic E-state index is 12.5. The first-order valence-corrected chi connectivity index (χ1v) is 9.85. The quantitative estimate of drug-likeness (QED) is 0.442. The number of hydrogen-bond acceptors (Lipinski definition) is 7. The molecule has 2 heterocycles. The van der Waals surface area contributed by atoms with Gasteiger partial charge >= 0.3 is 6.03 Å². The van der Waals surface area contributed by atoms with Crippen LogP contribution >= 0.6 is 23.1 Å². The van der Waals surface area contributed by atoms with Crippen molar-refractivity contribution in [2.45, 2.75) is 43.4 Å². The van der Waals surface area contributed by atoms with E-state index in [0.29, 0.717) is 23.7 Å². The summed E-state index contributed by atoms with van der Waals surface area (Å²) in [6.07, 6.45) is 0.913. The lowest BCUT2D eigenvalue weighted by molar-refractivity contribution is -0.134. The molecule has 0 aromatic carbocycles. The monoisotopic (exact) mass is 399 g/mol. The summed E-state index contributed by atoms with van der Waals surface area (Å²) in [5.41, 5.74) is 4.85. The van der Waals surface area contributed by atoms with Gasteiger partial charge in [-0.1, -0.05) is 25.2 Å². The molecule has 0 atom stereocenters. The number of carbonyl (C=O) groups is 4. The fraction of sp³-hybridized carbons (Fsp3) is 0.533. The number of carbonyl (C=O) groups excluding carboxylic acids is 4. The van der Waals surface area contributed by atoms with Crippen molar-refractivity contribution < 1.29 is 19.2 Å². The van der Waals surface area contributed by atoms with E-state index in [-0.39, 0.29) is 12.3 Å². The number of urea groups is 1. The molecule has 142 valence electrons. The number of thioether (sulfide) groups is 1. The molecule has 0 saturated carbocycles. The lowest BCUT2D eigenvalue weighted by Gasteiger charge is -2.22. The van der Waals surface area contributed by atoms with Crippen molar-refractivity contribution in [1.82, 2.24) is 15.2 Å². The molecular weight excluding hydrogens is 378 g/mol. The summed E-state index contributed by atoms with van der Waals surface area (Å²) in [7, 11) is 0. The summed E-state index contributed by atoms with van der Waals surface area (Å²) in [4.78, 5) is 52.8. The molecule has 11 heteroatoms. The predicted octanol–water partition coefficient (Wildman–Crippen LogP) is 1.08. The van der Waals surface area contributed by atoms with Gasteiger partial charge in [-0.2, -0.15) is 0 Å². The minimum Gasteiger partial charge on any atom is -0.369 e. The van der Waals surface area contributed by atoms with Gasteiger partial charge in [0.15, 0.2) is 5.13 Å². The molecule has 1 aromatic heterocycles. The van der Waals surface area contributed by atoms with Gasteiger partial charge in [0.2, 0.25) is 11.8 Å². The first-order valence-electron chi connectivity index (χ1n) is 8.05. The number of aromatic nitrogens is 1. The van der Waals surface area contributed by atoms with Crippen LogP contribution in [0.2, 0.25) is 0 Å². The van der Waals surface area contributed by atoms with Gasteiger partial charge in [-0.25, -0.2) is 9.78 Å². The van der Waals surface area contributed by atoms with Crippen molar-refractivity contribution in [1.29, 1.82) is 0 Å². The van der Waals surface area contributed by atoms with E-state index in [2.05, 4.69) is 15.6 Å². The number of nitrogens with zero attached hydrogens (tertiary/aromatic N) is 2. The zero-order chi connectivity index (χ0) is 19.5. The van der Waals surface area contributed by atoms with Crippen LogP contribution in [0.25, 0.3) is 0 Å². The second-order valence-electron chi connectivity index (χ2n) is 5.81. The SMILES string of the molecule is CCC1(CC)NC(=O)N(CC(=O)Nc2nc(C)c(SCC(N)=O)s2)C1=O. The zero-order valence-corrected chi connectivity index (χ0v) is 16.4. The highest BCUT2D eigenvalue weighted by atomic mass is 32.2. The molecule has 2 rings (SSSR count). The number of aryl methyl sites for hydroxylation is 1. The molecule has 0 radical (unpaired) electrons. The predicted molar refractivity (Wildman–Crippen MR) is 99.0 cm³/mol. The first-order chi connectivity index (χ1) is 12.2. The van der Waals surface area contributed by atoms with Crippen molar-refractivity contribution in [2.24, 2.45) is 5.73 Å². The van der Waals surface area contributed by atoms with Crippen LogP contribution in [-0.4, -0.2) is 51.5 Å². The number of primary amides is 1. The Morgan fingerprint density at radius 2 is 2.00 bits per heavy atom. The molecule has 1 saturated heterocycles. The van der Waals surface area contributed by atoms with Gasteiger partial charge in [-0.05, 0) is 19.8 Å². The van der Waals surface area contributed by atoms with Gasteiger partial charge in [-0.3, -0.25) is 19.3 Å². The minimum atomic E-state index is -0.937. The lowest BCUT2D eigenvalue weighted by atomic mass is 9.93. The van der Waals surface area contributed by atoms with Crippen molar-refractivity contribution in [2.75, 3.05) is 17.6 Å². The number of thiazole rings is 1. The number of anilines is 1. The summed E-state index contributed by atoms with van der Waals surface area (Å²) < 4.78 is 0.769. The normalized spacial score (nSPS) is 15.9. The largest absolute Gasteiger partial charge is 0.369 e. The molecule has 0 spiro atoms. The van der Waals surface area contributed by atoms with Crippen LogP contribution < -0.4 is 16.4 Å². The topological polar surface area (TPSA) is 134 Å². The molecule has 4 N–H and O–H groups in total. The highest BCUT2D eigenvalue weighted by molar-refractivity contribution is 8.01. The number of amides is 5. The van der Waals surface area contributed by atoms with Gasteiger partial charge in [0.1, 0.15) is 12.1 Å². The molecule has 0 bridgehead atoms. The molecule has 5 amide bonds. The van der Waals surface area contributed by atoms with Crippen LogP contribution in [0, 0.1) is 6.92 Å². The van der Waals surface area contributed by atoms with E-state index < -0.39 is 29.3 Å². The molecule has 1 aliphatic rings. The number of rotatable bonds is 8. The third-order valence-corrected chi connectivity index (χ3v) is 6.56. The van der Waals surface area contributed by atoms with Gasteiger partial charge < -0.3 is 16.4 Å².